The van der Waals surface area contributed by atoms with Gasteiger partial charge in [0.25, 0.3) is 0 Å². The number of halogens is 2. The topological polar surface area (TPSA) is 90.1 Å². The average molecular weight is 429 g/mol. The molecule has 0 aliphatic heterocycles. The van der Waals surface area contributed by atoms with Crippen molar-refractivity contribution in [3.63, 3.8) is 0 Å². The first-order valence-electron chi connectivity index (χ1n) is 9.04. The van der Waals surface area contributed by atoms with Gasteiger partial charge < -0.3 is 0 Å². The van der Waals surface area contributed by atoms with Crippen LogP contribution in [0.2, 0.25) is 0 Å². The zero-order valence-corrected chi connectivity index (χ0v) is 16.9. The number of benzene rings is 1. The smallest absolute Gasteiger partial charge is 0.236 e. The molecule has 3 heterocycles. The van der Waals surface area contributed by atoms with Crippen molar-refractivity contribution in [1.29, 1.82) is 0 Å². The molecule has 0 bridgehead atoms. The number of nitrogens with zero attached hydrogens (tertiary/aromatic N) is 5. The number of hydrogen-bond donors (Lipinski definition) is 0. The zero-order chi connectivity index (χ0) is 21.5. The van der Waals surface area contributed by atoms with Crippen LogP contribution in [0.5, 0.6) is 0 Å². The molecule has 0 unspecified atom stereocenters. The van der Waals surface area contributed by atoms with Crippen LogP contribution in [0.15, 0.2) is 54.1 Å². The number of hydrogen-bond acceptors (Lipinski definition) is 6. The second kappa shape index (κ2) is 7.52. The lowest BCUT2D eigenvalue weighted by Crippen LogP contribution is -2.10. The molecule has 0 spiro atoms. The Balaban J connectivity index is 1.79. The molecule has 1 aromatic carbocycles. The van der Waals surface area contributed by atoms with E-state index in [9.17, 15) is 17.2 Å². The maximum absolute atomic E-state index is 14.2. The van der Waals surface area contributed by atoms with Gasteiger partial charge in [0.15, 0.2) is 5.65 Å². The number of rotatable bonds is 5. The Morgan fingerprint density at radius 3 is 2.70 bits per heavy atom. The molecule has 30 heavy (non-hydrogen) atoms. The highest BCUT2D eigenvalue weighted by Crippen LogP contribution is 2.27. The van der Waals surface area contributed by atoms with E-state index in [1.165, 1.54) is 12.1 Å². The van der Waals surface area contributed by atoms with Crippen LogP contribution in [0.25, 0.3) is 16.9 Å². The van der Waals surface area contributed by atoms with Gasteiger partial charge in [0.1, 0.15) is 11.6 Å². The fourth-order valence-electron chi connectivity index (χ4n) is 3.21. The average Bonchev–Trinajstić information content (AvgIpc) is 3.11. The van der Waals surface area contributed by atoms with Crippen molar-refractivity contribution in [2.45, 2.75) is 24.4 Å². The van der Waals surface area contributed by atoms with Gasteiger partial charge >= 0.3 is 0 Å². The molecule has 1 atom stereocenters. The van der Waals surface area contributed by atoms with Gasteiger partial charge in [-0.05, 0) is 36.1 Å². The highest BCUT2D eigenvalue weighted by atomic mass is 32.2. The van der Waals surface area contributed by atoms with Crippen molar-refractivity contribution in [1.82, 2.24) is 24.6 Å². The summed E-state index contributed by atoms with van der Waals surface area (Å²) in [5.41, 5.74) is 2.13. The minimum atomic E-state index is -3.70. The van der Waals surface area contributed by atoms with E-state index in [4.69, 9.17) is 0 Å². The van der Waals surface area contributed by atoms with Gasteiger partial charge in [0.05, 0.1) is 17.5 Å². The van der Waals surface area contributed by atoms with E-state index in [0.717, 1.165) is 12.3 Å². The molecule has 154 valence electrons. The molecule has 0 amide bonds. The van der Waals surface area contributed by atoms with Crippen LogP contribution >= 0.6 is 0 Å². The van der Waals surface area contributed by atoms with Crippen LogP contribution in [0, 0.1) is 11.6 Å². The lowest BCUT2D eigenvalue weighted by atomic mass is 9.95. The quantitative estimate of drug-likeness (QED) is 0.453. The first-order valence-corrected chi connectivity index (χ1v) is 10.9. The molecule has 0 saturated heterocycles. The van der Waals surface area contributed by atoms with Crippen molar-refractivity contribution < 1.29 is 17.2 Å². The van der Waals surface area contributed by atoms with Crippen LogP contribution in [0.4, 0.5) is 8.78 Å². The summed E-state index contributed by atoms with van der Waals surface area (Å²) in [7, 11) is -3.70. The summed E-state index contributed by atoms with van der Waals surface area (Å²) in [6.45, 7) is 1.76. The van der Waals surface area contributed by atoms with Crippen molar-refractivity contribution in [2.24, 2.45) is 0 Å². The van der Waals surface area contributed by atoms with E-state index >= 15 is 0 Å². The van der Waals surface area contributed by atoms with E-state index < -0.39 is 21.5 Å². The maximum atomic E-state index is 14.2. The molecule has 4 aromatic rings. The van der Waals surface area contributed by atoms with Gasteiger partial charge in [-0.2, -0.15) is 5.10 Å². The predicted octanol–water partition coefficient (Wildman–Crippen LogP) is 3.21. The highest BCUT2D eigenvalue weighted by molar-refractivity contribution is 7.90. The molecular weight excluding hydrogens is 412 g/mol. The highest BCUT2D eigenvalue weighted by Gasteiger charge is 2.20. The molecule has 0 radical (unpaired) electrons. The third kappa shape index (κ3) is 3.90. The fraction of sp³-hybridized carbons (Fsp3) is 0.200. The van der Waals surface area contributed by atoms with E-state index in [1.54, 1.807) is 42.2 Å². The summed E-state index contributed by atoms with van der Waals surface area (Å²) in [4.78, 5) is 12.6. The molecule has 3 aromatic heterocycles. The monoisotopic (exact) mass is 429 g/mol. The van der Waals surface area contributed by atoms with Crippen LogP contribution in [0.3, 0.4) is 0 Å². The summed E-state index contributed by atoms with van der Waals surface area (Å²) >= 11 is 0. The minimum Gasteiger partial charge on any atom is -0.236 e. The van der Waals surface area contributed by atoms with Gasteiger partial charge in [-0.1, -0.05) is 13.0 Å². The summed E-state index contributed by atoms with van der Waals surface area (Å²) in [5, 5.41) is 3.87. The molecule has 7 nitrogen and oxygen atoms in total. The van der Waals surface area contributed by atoms with Gasteiger partial charge in [-0.15, -0.1) is 0 Å². The van der Waals surface area contributed by atoms with Gasteiger partial charge in [-0.25, -0.2) is 36.7 Å². The summed E-state index contributed by atoms with van der Waals surface area (Å²) < 4.78 is 53.2. The number of sulfone groups is 1. The second-order valence-corrected chi connectivity index (χ2v) is 8.93. The van der Waals surface area contributed by atoms with Gasteiger partial charge in [0.2, 0.25) is 15.0 Å². The molecule has 0 saturated carbocycles. The van der Waals surface area contributed by atoms with Crippen molar-refractivity contribution in [2.75, 3.05) is 6.26 Å². The minimum absolute atomic E-state index is 0.229. The second-order valence-electron chi connectivity index (χ2n) is 7.02. The van der Waals surface area contributed by atoms with E-state index in [0.29, 0.717) is 28.2 Å². The van der Waals surface area contributed by atoms with Crippen molar-refractivity contribution in [3.05, 3.63) is 71.8 Å². The SMILES string of the molecule is C[C@H](Cc1cc(-c2cnn3cccnc23)nc(S(C)(=O)=O)n1)c1ccc(F)cc1F. The third-order valence-electron chi connectivity index (χ3n) is 4.65. The van der Waals surface area contributed by atoms with Gasteiger partial charge in [0, 0.05) is 30.4 Å². The normalized spacial score (nSPS) is 12.9. The Morgan fingerprint density at radius 2 is 1.97 bits per heavy atom. The standard InChI is InChI=1S/C20H17F2N5O2S/c1-12(15-5-4-13(21)9-17(15)22)8-14-10-18(26-20(25-14)30(2,28)29)16-11-24-27-7-3-6-23-19(16)27/h3-7,9-12H,8H2,1-2H3/t12-/m1/s1. The van der Waals surface area contributed by atoms with E-state index in [-0.39, 0.29) is 17.5 Å². The Hall–Kier alpha value is -3.27. The maximum Gasteiger partial charge on any atom is 0.247 e. The van der Waals surface area contributed by atoms with E-state index in [2.05, 4.69) is 20.1 Å². The number of fused-ring (bicyclic) bond motifs is 1. The van der Waals surface area contributed by atoms with Crippen LogP contribution < -0.4 is 0 Å². The van der Waals surface area contributed by atoms with E-state index in [1.807, 2.05) is 0 Å². The largest absolute Gasteiger partial charge is 0.247 e. The third-order valence-corrected chi connectivity index (χ3v) is 5.50. The molecule has 0 fully saturated rings. The lowest BCUT2D eigenvalue weighted by Gasteiger charge is -2.14. The summed E-state index contributed by atoms with van der Waals surface area (Å²) in [6, 6.07) is 6.75. The molecule has 10 heteroatoms. The first-order chi connectivity index (χ1) is 14.2. The first kappa shape index (κ1) is 20.0. The molecular formula is C20H17F2N5O2S. The van der Waals surface area contributed by atoms with Gasteiger partial charge in [-0.3, -0.25) is 0 Å². The van der Waals surface area contributed by atoms with Crippen LogP contribution in [-0.2, 0) is 16.3 Å². The zero-order valence-electron chi connectivity index (χ0n) is 16.1. The lowest BCUT2D eigenvalue weighted by molar-refractivity contribution is 0.556. The molecule has 0 aliphatic rings. The fourth-order valence-corrected chi connectivity index (χ4v) is 3.76. The van der Waals surface area contributed by atoms with Crippen LogP contribution in [0.1, 0.15) is 24.1 Å². The Bertz CT molecular complexity index is 1350. The van der Waals surface area contributed by atoms with Crippen molar-refractivity contribution in [3.8, 4) is 11.3 Å². The molecule has 0 aliphatic carbocycles. The Morgan fingerprint density at radius 1 is 1.17 bits per heavy atom. The van der Waals surface area contributed by atoms with Crippen molar-refractivity contribution >= 4 is 15.5 Å². The van der Waals surface area contributed by atoms with Crippen LogP contribution in [-0.4, -0.2) is 39.2 Å². The molecule has 0 N–H and O–H groups in total. The summed E-state index contributed by atoms with van der Waals surface area (Å²) in [6.07, 6.45) is 6.11. The Kier molecular flexibility index (Phi) is 5.02. The predicted molar refractivity (Wildman–Crippen MR) is 106 cm³/mol. The summed E-state index contributed by atoms with van der Waals surface area (Å²) in [5.74, 6) is -1.69. The Labute approximate surface area is 171 Å². The number of aromatic nitrogens is 5. The molecule has 4 rings (SSSR count).